The number of rotatable bonds is 10. The van der Waals surface area contributed by atoms with E-state index >= 15 is 0 Å². The molecule has 3 aromatic carbocycles. The minimum absolute atomic E-state index is 0.212. The molecule has 3 rings (SSSR count). The van der Waals surface area contributed by atoms with E-state index in [1.54, 1.807) is 6.92 Å². The van der Waals surface area contributed by atoms with Crippen LogP contribution in [-0.4, -0.2) is 30.9 Å². The number of nitrogens with zero attached hydrogens (tertiary/aromatic N) is 1. The van der Waals surface area contributed by atoms with Gasteiger partial charge in [-0.05, 0) is 30.2 Å². The van der Waals surface area contributed by atoms with Crippen molar-refractivity contribution in [2.75, 3.05) is 6.61 Å². The van der Waals surface area contributed by atoms with Crippen molar-refractivity contribution >= 4 is 18.2 Å². The van der Waals surface area contributed by atoms with Crippen LogP contribution in [0.2, 0.25) is 0 Å². The topological polar surface area (TPSA) is 89.0 Å². The van der Waals surface area contributed by atoms with E-state index in [1.165, 1.54) is 6.21 Å². The monoisotopic (exact) mass is 445 g/mol. The van der Waals surface area contributed by atoms with Crippen LogP contribution in [0.25, 0.3) is 0 Å². The number of nitrogens with one attached hydrogen (secondary N) is 2. The number of ether oxygens (including phenoxy) is 2. The third-order valence-corrected chi connectivity index (χ3v) is 4.70. The summed E-state index contributed by atoms with van der Waals surface area (Å²) >= 11 is 0. The molecular weight excluding hydrogens is 418 g/mol. The molecule has 33 heavy (non-hydrogen) atoms. The Morgan fingerprint density at radius 3 is 2.24 bits per heavy atom. The van der Waals surface area contributed by atoms with E-state index < -0.39 is 18.0 Å². The summed E-state index contributed by atoms with van der Waals surface area (Å²) in [5, 5.41) is 6.67. The van der Waals surface area contributed by atoms with Crippen LogP contribution in [0.15, 0.2) is 90.0 Å². The fourth-order valence-electron chi connectivity index (χ4n) is 3.07. The number of carbonyl (C=O) groups is 2. The Morgan fingerprint density at radius 2 is 1.55 bits per heavy atom. The predicted molar refractivity (Wildman–Crippen MR) is 127 cm³/mol. The molecule has 0 saturated carbocycles. The van der Waals surface area contributed by atoms with E-state index in [1.807, 2.05) is 84.9 Å². The molecule has 0 radical (unpaired) electrons. The zero-order chi connectivity index (χ0) is 23.3. The van der Waals surface area contributed by atoms with Crippen LogP contribution in [0.1, 0.15) is 23.6 Å². The van der Waals surface area contributed by atoms with E-state index in [4.69, 9.17) is 9.47 Å². The highest BCUT2D eigenvalue weighted by Crippen LogP contribution is 2.17. The molecular formula is C26H27N3O4. The first-order valence-electron chi connectivity index (χ1n) is 10.7. The van der Waals surface area contributed by atoms with Crippen molar-refractivity contribution in [1.82, 2.24) is 10.7 Å². The summed E-state index contributed by atoms with van der Waals surface area (Å²) in [7, 11) is 0. The summed E-state index contributed by atoms with van der Waals surface area (Å²) in [5.41, 5.74) is 5.17. The summed E-state index contributed by atoms with van der Waals surface area (Å²) < 4.78 is 10.8. The summed E-state index contributed by atoms with van der Waals surface area (Å²) in [4.78, 5) is 24.7. The van der Waals surface area contributed by atoms with Gasteiger partial charge in [0.1, 0.15) is 18.4 Å². The first-order valence-corrected chi connectivity index (χ1v) is 10.7. The number of amides is 2. The molecule has 0 aliphatic rings. The molecule has 7 nitrogen and oxygen atoms in total. The van der Waals surface area contributed by atoms with Crippen LogP contribution in [0, 0.1) is 0 Å². The number of para-hydroxylation sites is 1. The molecule has 1 atom stereocenters. The highest BCUT2D eigenvalue weighted by Gasteiger charge is 2.21. The normalized spacial score (nSPS) is 11.5. The van der Waals surface area contributed by atoms with E-state index in [9.17, 15) is 9.59 Å². The van der Waals surface area contributed by atoms with Gasteiger partial charge in [0.2, 0.25) is 0 Å². The minimum atomic E-state index is -0.840. The average Bonchev–Trinajstić information content (AvgIpc) is 2.84. The Balaban J connectivity index is 1.64. The number of benzene rings is 3. The highest BCUT2D eigenvalue weighted by molar-refractivity contribution is 5.88. The van der Waals surface area contributed by atoms with Crippen molar-refractivity contribution in [2.45, 2.75) is 26.0 Å². The molecule has 0 unspecified atom stereocenters. The maximum absolute atomic E-state index is 12.7. The number of alkyl carbamates (subject to hydrolysis) is 1. The van der Waals surface area contributed by atoms with Crippen LogP contribution in [0.3, 0.4) is 0 Å². The first kappa shape index (κ1) is 23.5. The largest absolute Gasteiger partial charge is 0.488 e. The highest BCUT2D eigenvalue weighted by atomic mass is 16.5. The van der Waals surface area contributed by atoms with Gasteiger partial charge in [-0.25, -0.2) is 10.2 Å². The molecule has 3 aromatic rings. The summed E-state index contributed by atoms with van der Waals surface area (Å²) in [6.07, 6.45) is 1.16. The van der Waals surface area contributed by atoms with Crippen molar-refractivity contribution < 1.29 is 19.1 Å². The van der Waals surface area contributed by atoms with E-state index in [0.29, 0.717) is 24.3 Å². The fourth-order valence-corrected chi connectivity index (χ4v) is 3.07. The van der Waals surface area contributed by atoms with E-state index in [2.05, 4.69) is 15.8 Å². The average molecular weight is 446 g/mol. The number of hydrogen-bond acceptors (Lipinski definition) is 5. The van der Waals surface area contributed by atoms with Gasteiger partial charge < -0.3 is 14.8 Å². The second kappa shape index (κ2) is 12.7. The fraction of sp³-hybridized carbons (Fsp3) is 0.192. The molecule has 0 aliphatic carbocycles. The molecule has 7 heteroatoms. The van der Waals surface area contributed by atoms with Crippen LogP contribution in [0.5, 0.6) is 5.75 Å². The standard InChI is InChI=1S/C26H27N3O4/c1-2-32-26(31)28-23(17-20-11-5-3-6-12-20)25(30)29-27-18-22-15-9-10-16-24(22)33-19-21-13-7-4-8-14-21/h3-16,18,23H,2,17,19H2,1H3,(H,28,31)(H,29,30)/b27-18-/t23-/m1/s1. The lowest BCUT2D eigenvalue weighted by atomic mass is 10.1. The van der Waals surface area contributed by atoms with Gasteiger partial charge in [0.05, 0.1) is 12.8 Å². The zero-order valence-electron chi connectivity index (χ0n) is 18.4. The quantitative estimate of drug-likeness (QED) is 0.364. The lowest BCUT2D eigenvalue weighted by molar-refractivity contribution is -0.123. The smallest absolute Gasteiger partial charge is 0.407 e. The van der Waals surface area contributed by atoms with Crippen LogP contribution in [0.4, 0.5) is 4.79 Å². The zero-order valence-corrected chi connectivity index (χ0v) is 18.4. The van der Waals surface area contributed by atoms with Crippen molar-refractivity contribution in [1.29, 1.82) is 0 Å². The summed E-state index contributed by atoms with van der Waals surface area (Å²) in [6, 6.07) is 25.8. The van der Waals surface area contributed by atoms with Crippen molar-refractivity contribution in [3.05, 3.63) is 102 Å². The molecule has 0 aromatic heterocycles. The SMILES string of the molecule is CCOC(=O)N[C@H](Cc1ccccc1)C(=O)N/N=C\c1ccccc1OCc1ccccc1. The van der Waals surface area contributed by atoms with Crippen molar-refractivity contribution in [3.63, 3.8) is 0 Å². The lowest BCUT2D eigenvalue weighted by Gasteiger charge is -2.17. The minimum Gasteiger partial charge on any atom is -0.488 e. The van der Waals surface area contributed by atoms with Gasteiger partial charge in [0, 0.05) is 12.0 Å². The molecule has 0 heterocycles. The Kier molecular flexibility index (Phi) is 9.03. The molecule has 0 aliphatic heterocycles. The van der Waals surface area contributed by atoms with Gasteiger partial charge in [0.15, 0.2) is 0 Å². The molecule has 0 spiro atoms. The Morgan fingerprint density at radius 1 is 0.909 bits per heavy atom. The molecule has 0 bridgehead atoms. The number of carbonyl (C=O) groups excluding carboxylic acids is 2. The van der Waals surface area contributed by atoms with Gasteiger partial charge in [-0.2, -0.15) is 5.10 Å². The molecule has 2 amide bonds. The summed E-state index contributed by atoms with van der Waals surface area (Å²) in [5.74, 6) is 0.190. The van der Waals surface area contributed by atoms with Gasteiger partial charge in [-0.1, -0.05) is 72.8 Å². The van der Waals surface area contributed by atoms with Gasteiger partial charge in [0.25, 0.3) is 5.91 Å². The Bertz CT molecular complexity index is 1060. The molecule has 0 fully saturated rings. The Hall–Kier alpha value is -4.13. The lowest BCUT2D eigenvalue weighted by Crippen LogP contribution is -2.47. The van der Waals surface area contributed by atoms with Crippen molar-refractivity contribution in [3.8, 4) is 5.75 Å². The van der Waals surface area contributed by atoms with Crippen LogP contribution >= 0.6 is 0 Å². The van der Waals surface area contributed by atoms with Gasteiger partial charge in [-0.15, -0.1) is 0 Å². The first-order chi connectivity index (χ1) is 16.2. The molecule has 170 valence electrons. The van der Waals surface area contributed by atoms with E-state index in [0.717, 1.165) is 11.1 Å². The third kappa shape index (κ3) is 7.81. The number of hydrazone groups is 1. The summed E-state index contributed by atoms with van der Waals surface area (Å²) in [6.45, 7) is 2.33. The molecule has 2 N–H and O–H groups in total. The van der Waals surface area contributed by atoms with Crippen LogP contribution < -0.4 is 15.5 Å². The second-order valence-corrected chi connectivity index (χ2v) is 7.15. The van der Waals surface area contributed by atoms with Crippen molar-refractivity contribution in [2.24, 2.45) is 5.10 Å². The number of hydrogen-bond donors (Lipinski definition) is 2. The predicted octanol–water partition coefficient (Wildman–Crippen LogP) is 4.07. The molecule has 0 saturated heterocycles. The van der Waals surface area contributed by atoms with Crippen LogP contribution in [-0.2, 0) is 22.6 Å². The van der Waals surface area contributed by atoms with Gasteiger partial charge in [-0.3, -0.25) is 4.79 Å². The van der Waals surface area contributed by atoms with Gasteiger partial charge >= 0.3 is 6.09 Å². The maximum Gasteiger partial charge on any atom is 0.407 e. The third-order valence-electron chi connectivity index (χ3n) is 4.70. The second-order valence-electron chi connectivity index (χ2n) is 7.15. The van der Waals surface area contributed by atoms with E-state index in [-0.39, 0.29) is 6.61 Å². The Labute approximate surface area is 193 Å². The maximum atomic E-state index is 12.7.